The van der Waals surface area contributed by atoms with E-state index in [2.05, 4.69) is 50.1 Å². The third-order valence-corrected chi connectivity index (χ3v) is 8.73. The van der Waals surface area contributed by atoms with Crippen LogP contribution in [0.15, 0.2) is 54.9 Å². The maximum Gasteiger partial charge on any atom is 0.354 e. The maximum atomic E-state index is 13.3. The number of rotatable bonds is 11. The Balaban J connectivity index is 1.00. The number of carbonyl (C=O) groups is 2. The zero-order chi connectivity index (χ0) is 32.0. The van der Waals surface area contributed by atoms with Gasteiger partial charge in [0.25, 0.3) is 5.91 Å². The first-order valence-corrected chi connectivity index (χ1v) is 16.0. The second-order valence-corrected chi connectivity index (χ2v) is 12.1. The zero-order valence-electron chi connectivity index (χ0n) is 26.3. The van der Waals surface area contributed by atoms with Gasteiger partial charge in [-0.3, -0.25) is 14.4 Å². The minimum Gasteiger partial charge on any atom is -0.477 e. The Morgan fingerprint density at radius 3 is 2.74 bits per heavy atom. The molecule has 0 spiro atoms. The molecule has 10 heteroatoms. The standard InChI is InChI=1S/C36H39N7O3/c1-24-28-14-13-26(35(44)40-34-22-29-27(23-38-34)20-30(39-29)32-12-10-17-42(32)2)21-33(28)43(41-24)18-9-7-5-3-4-6-8-11-25-15-16-37-31(19-25)36(45)46/h13-16,19-23,32,39H,3-7,9-10,12,17-18H2,1-2H3,(H,45,46)(H,38,40,44). The van der Waals surface area contributed by atoms with E-state index >= 15 is 0 Å². The molecule has 0 aliphatic carbocycles. The smallest absolute Gasteiger partial charge is 0.354 e. The number of carbonyl (C=O) groups excluding carboxylic acids is 1. The summed E-state index contributed by atoms with van der Waals surface area (Å²) >= 11 is 0. The van der Waals surface area contributed by atoms with Crippen molar-refractivity contribution in [3.8, 4) is 11.8 Å². The van der Waals surface area contributed by atoms with Crippen LogP contribution in [-0.2, 0) is 6.54 Å². The average molecular weight is 618 g/mol. The molecule has 4 aromatic heterocycles. The molecular weight excluding hydrogens is 578 g/mol. The highest BCUT2D eigenvalue weighted by Crippen LogP contribution is 2.32. The van der Waals surface area contributed by atoms with E-state index in [-0.39, 0.29) is 11.6 Å². The number of anilines is 1. The molecule has 1 saturated heterocycles. The third-order valence-electron chi connectivity index (χ3n) is 8.73. The molecule has 5 aromatic rings. The minimum atomic E-state index is -1.05. The number of aromatic carboxylic acids is 1. The Hall–Kier alpha value is -5.01. The number of H-pyrrole nitrogens is 1. The number of carboxylic acids is 1. The molecule has 5 heterocycles. The number of aryl methyl sites for hydroxylation is 2. The first-order chi connectivity index (χ1) is 22.4. The molecule has 0 saturated carbocycles. The Morgan fingerprint density at radius 2 is 1.91 bits per heavy atom. The Bertz CT molecular complexity index is 1950. The quantitative estimate of drug-likeness (QED) is 0.111. The molecular formula is C36H39N7O3. The van der Waals surface area contributed by atoms with Gasteiger partial charge in [-0.1, -0.05) is 37.2 Å². The molecule has 1 atom stereocenters. The van der Waals surface area contributed by atoms with E-state index in [1.807, 2.05) is 42.1 Å². The van der Waals surface area contributed by atoms with E-state index in [1.54, 1.807) is 6.07 Å². The summed E-state index contributed by atoms with van der Waals surface area (Å²) in [6.45, 7) is 3.89. The van der Waals surface area contributed by atoms with Crippen LogP contribution in [-0.4, -0.2) is 60.2 Å². The SMILES string of the molecule is Cc1nn(CCCCCCCC#Cc2ccnc(C(=O)O)c2)c2cc(C(=O)Nc3cc4[nH]c(C5CCCN5C)cc4cn3)ccc12. The van der Waals surface area contributed by atoms with Gasteiger partial charge in [0.2, 0.25) is 0 Å². The van der Waals surface area contributed by atoms with E-state index in [1.165, 1.54) is 24.4 Å². The second kappa shape index (κ2) is 14.0. The number of hydrogen-bond acceptors (Lipinski definition) is 6. The molecule has 236 valence electrons. The van der Waals surface area contributed by atoms with Crippen LogP contribution in [0.4, 0.5) is 5.82 Å². The first kappa shape index (κ1) is 31.0. The number of nitrogens with one attached hydrogen (secondary N) is 2. The van der Waals surface area contributed by atoms with Gasteiger partial charge in [-0.05, 0) is 76.5 Å². The number of nitrogens with zero attached hydrogens (tertiary/aromatic N) is 5. The van der Waals surface area contributed by atoms with Gasteiger partial charge >= 0.3 is 5.97 Å². The number of fused-ring (bicyclic) bond motifs is 2. The van der Waals surface area contributed by atoms with E-state index in [0.29, 0.717) is 23.0 Å². The number of unbranched alkanes of at least 4 members (excludes halogenated alkanes) is 5. The van der Waals surface area contributed by atoms with Crippen LogP contribution < -0.4 is 5.32 Å². The minimum absolute atomic E-state index is 0.00952. The predicted molar refractivity (Wildman–Crippen MR) is 179 cm³/mol. The summed E-state index contributed by atoms with van der Waals surface area (Å²) < 4.78 is 2.01. The number of hydrogen-bond donors (Lipinski definition) is 3. The summed E-state index contributed by atoms with van der Waals surface area (Å²) in [5, 5.41) is 18.9. The topological polar surface area (TPSA) is 129 Å². The summed E-state index contributed by atoms with van der Waals surface area (Å²) in [7, 11) is 2.16. The molecule has 46 heavy (non-hydrogen) atoms. The fourth-order valence-electron chi connectivity index (χ4n) is 6.23. The lowest BCUT2D eigenvalue weighted by atomic mass is 10.1. The van der Waals surface area contributed by atoms with Gasteiger partial charge in [-0.15, -0.1) is 0 Å². The maximum absolute atomic E-state index is 13.3. The van der Waals surface area contributed by atoms with Crippen molar-refractivity contribution in [2.24, 2.45) is 0 Å². The van der Waals surface area contributed by atoms with E-state index in [0.717, 1.165) is 85.5 Å². The molecule has 1 aliphatic heterocycles. The Kier molecular flexibility index (Phi) is 9.41. The number of likely N-dealkylation sites (tertiary alicyclic amines) is 1. The molecule has 1 fully saturated rings. The van der Waals surface area contributed by atoms with E-state index < -0.39 is 5.97 Å². The molecule has 10 nitrogen and oxygen atoms in total. The number of aromatic amines is 1. The van der Waals surface area contributed by atoms with Crippen molar-refractivity contribution in [1.29, 1.82) is 0 Å². The molecule has 1 aromatic carbocycles. The van der Waals surface area contributed by atoms with Crippen LogP contribution in [0, 0.1) is 18.8 Å². The second-order valence-electron chi connectivity index (χ2n) is 12.1. The summed E-state index contributed by atoms with van der Waals surface area (Å²) in [6.07, 6.45) is 11.6. The van der Waals surface area contributed by atoms with Crippen molar-refractivity contribution in [3.05, 3.63) is 83.1 Å². The monoisotopic (exact) mass is 617 g/mol. The molecule has 1 aliphatic rings. The summed E-state index contributed by atoms with van der Waals surface area (Å²) in [4.78, 5) is 38.5. The van der Waals surface area contributed by atoms with Crippen LogP contribution in [0.1, 0.15) is 95.2 Å². The Labute approximate surface area is 268 Å². The van der Waals surface area contributed by atoms with Gasteiger partial charge < -0.3 is 15.4 Å². The lowest BCUT2D eigenvalue weighted by molar-refractivity contribution is 0.0690. The molecule has 0 bridgehead atoms. The van der Waals surface area contributed by atoms with Crippen LogP contribution in [0.3, 0.4) is 0 Å². The van der Waals surface area contributed by atoms with Crippen molar-refractivity contribution in [2.45, 2.75) is 70.9 Å². The van der Waals surface area contributed by atoms with Crippen molar-refractivity contribution in [2.75, 3.05) is 18.9 Å². The summed E-state index contributed by atoms with van der Waals surface area (Å²) in [5.74, 6) is 5.43. The van der Waals surface area contributed by atoms with Gasteiger partial charge in [0, 0.05) is 65.1 Å². The summed E-state index contributed by atoms with van der Waals surface area (Å²) in [5.41, 5.74) is 5.33. The summed E-state index contributed by atoms with van der Waals surface area (Å²) in [6, 6.07) is 13.4. The molecule has 1 amide bonds. The van der Waals surface area contributed by atoms with Gasteiger partial charge in [0.05, 0.1) is 16.7 Å². The number of carboxylic acid groups (broad SMARTS) is 1. The highest BCUT2D eigenvalue weighted by atomic mass is 16.4. The number of amides is 1. The average Bonchev–Trinajstić information content (AvgIpc) is 3.76. The fraction of sp³-hybridized carbons (Fsp3) is 0.361. The largest absolute Gasteiger partial charge is 0.477 e. The van der Waals surface area contributed by atoms with Gasteiger partial charge in [0.1, 0.15) is 11.5 Å². The van der Waals surface area contributed by atoms with Crippen molar-refractivity contribution < 1.29 is 14.7 Å². The molecule has 0 radical (unpaired) electrons. The van der Waals surface area contributed by atoms with Crippen molar-refractivity contribution in [3.63, 3.8) is 0 Å². The lowest BCUT2D eigenvalue weighted by Gasteiger charge is -2.17. The lowest BCUT2D eigenvalue weighted by Crippen LogP contribution is -2.17. The first-order valence-electron chi connectivity index (χ1n) is 16.0. The van der Waals surface area contributed by atoms with Crippen LogP contribution in [0.5, 0.6) is 0 Å². The third kappa shape index (κ3) is 7.11. The number of pyridine rings is 2. The molecule has 6 rings (SSSR count). The van der Waals surface area contributed by atoms with E-state index in [9.17, 15) is 9.59 Å². The zero-order valence-corrected chi connectivity index (χ0v) is 26.3. The van der Waals surface area contributed by atoms with Crippen LogP contribution in [0.2, 0.25) is 0 Å². The fourth-order valence-corrected chi connectivity index (χ4v) is 6.23. The number of aromatic nitrogens is 5. The highest BCUT2D eigenvalue weighted by molar-refractivity contribution is 6.06. The van der Waals surface area contributed by atoms with E-state index in [4.69, 9.17) is 10.2 Å². The van der Waals surface area contributed by atoms with Gasteiger partial charge in [-0.25, -0.2) is 14.8 Å². The predicted octanol–water partition coefficient (Wildman–Crippen LogP) is 6.73. The molecule has 3 N–H and O–H groups in total. The van der Waals surface area contributed by atoms with Gasteiger partial charge in [-0.2, -0.15) is 5.10 Å². The Morgan fingerprint density at radius 1 is 1.07 bits per heavy atom. The normalized spacial score (nSPS) is 14.9. The van der Waals surface area contributed by atoms with Crippen LogP contribution in [0.25, 0.3) is 21.8 Å². The van der Waals surface area contributed by atoms with Crippen molar-refractivity contribution >= 4 is 39.5 Å². The number of benzene rings is 1. The molecule has 1 unspecified atom stereocenters. The van der Waals surface area contributed by atoms with Crippen molar-refractivity contribution in [1.82, 2.24) is 29.6 Å². The van der Waals surface area contributed by atoms with Crippen LogP contribution >= 0.6 is 0 Å². The van der Waals surface area contributed by atoms with Gasteiger partial charge in [0.15, 0.2) is 0 Å². The highest BCUT2D eigenvalue weighted by Gasteiger charge is 2.24.